The van der Waals surface area contributed by atoms with Crippen LogP contribution in [0, 0.1) is 6.92 Å². The van der Waals surface area contributed by atoms with Gasteiger partial charge < -0.3 is 0 Å². The van der Waals surface area contributed by atoms with Gasteiger partial charge in [0.1, 0.15) is 0 Å². The van der Waals surface area contributed by atoms with E-state index in [-0.39, 0.29) is 17.4 Å². The fourth-order valence-electron chi connectivity index (χ4n) is 1.39. The number of Topliss-reactive ketones (excluding diaryl/α,β-unsaturated/α-hetero) is 1. The molecule has 0 aliphatic heterocycles. The van der Waals surface area contributed by atoms with Gasteiger partial charge in [-0.1, -0.05) is 0 Å². The van der Waals surface area contributed by atoms with Crippen molar-refractivity contribution in [2.45, 2.75) is 20.0 Å². The Morgan fingerprint density at radius 1 is 1.31 bits per heavy atom. The summed E-state index contributed by atoms with van der Waals surface area (Å²) in [7, 11) is 0. The molecule has 16 heavy (non-hydrogen) atoms. The first-order chi connectivity index (χ1) is 7.27. The van der Waals surface area contributed by atoms with Gasteiger partial charge in [0.15, 0.2) is 12.1 Å². The minimum atomic E-state index is -4.63. The van der Waals surface area contributed by atoms with E-state index in [4.69, 9.17) is 0 Å². The zero-order valence-electron chi connectivity index (χ0n) is 8.68. The van der Waals surface area contributed by atoms with Crippen LogP contribution in [0.25, 0.3) is 0 Å². The molecule has 1 aromatic carbocycles. The number of carbonyl (C=O) groups excluding carboxylic acids is 2. The average molecular weight is 230 g/mol. The molecule has 1 aromatic rings. The molecular formula is C11H9F3O2. The maximum atomic E-state index is 12.6. The Kier molecular flexibility index (Phi) is 3.16. The van der Waals surface area contributed by atoms with Crippen LogP contribution in [0.3, 0.4) is 0 Å². The van der Waals surface area contributed by atoms with Crippen molar-refractivity contribution in [3.05, 3.63) is 34.4 Å². The van der Waals surface area contributed by atoms with Crippen LogP contribution >= 0.6 is 0 Å². The van der Waals surface area contributed by atoms with Gasteiger partial charge in [-0.15, -0.1) is 0 Å². The lowest BCUT2D eigenvalue weighted by Crippen LogP contribution is -2.12. The zero-order chi connectivity index (χ0) is 12.5. The van der Waals surface area contributed by atoms with Gasteiger partial charge in [-0.25, -0.2) is 0 Å². The number of aldehydes is 1. The number of rotatable bonds is 2. The first kappa shape index (κ1) is 12.4. The predicted octanol–water partition coefficient (Wildman–Crippen LogP) is 3.03. The van der Waals surface area contributed by atoms with Gasteiger partial charge in [-0.05, 0) is 31.5 Å². The summed E-state index contributed by atoms with van der Waals surface area (Å²) in [5.74, 6) is -0.467. The predicted molar refractivity (Wildman–Crippen MR) is 51.6 cm³/mol. The molecule has 86 valence electrons. The van der Waals surface area contributed by atoms with Gasteiger partial charge in [0, 0.05) is 11.1 Å². The van der Waals surface area contributed by atoms with Crippen molar-refractivity contribution in [3.8, 4) is 0 Å². The molecule has 0 saturated heterocycles. The summed E-state index contributed by atoms with van der Waals surface area (Å²) in [5.41, 5.74) is -1.38. The van der Waals surface area contributed by atoms with Crippen molar-refractivity contribution >= 4 is 12.1 Å². The highest BCUT2D eigenvalue weighted by Crippen LogP contribution is 2.33. The summed E-state index contributed by atoms with van der Waals surface area (Å²) >= 11 is 0. The molecular weight excluding hydrogens is 221 g/mol. The van der Waals surface area contributed by atoms with Crippen LogP contribution in [-0.2, 0) is 6.18 Å². The maximum absolute atomic E-state index is 12.6. The minimum Gasteiger partial charge on any atom is -0.298 e. The molecule has 0 fully saturated rings. The van der Waals surface area contributed by atoms with Crippen molar-refractivity contribution in [1.29, 1.82) is 0 Å². The van der Waals surface area contributed by atoms with Gasteiger partial charge in [-0.2, -0.15) is 13.2 Å². The van der Waals surface area contributed by atoms with Gasteiger partial charge in [0.2, 0.25) is 0 Å². The number of carbonyl (C=O) groups is 2. The summed E-state index contributed by atoms with van der Waals surface area (Å²) in [5, 5.41) is 0. The van der Waals surface area contributed by atoms with E-state index in [9.17, 15) is 22.8 Å². The van der Waals surface area contributed by atoms with Crippen molar-refractivity contribution in [3.63, 3.8) is 0 Å². The lowest BCUT2D eigenvalue weighted by Gasteiger charge is -2.12. The zero-order valence-corrected chi connectivity index (χ0v) is 8.68. The fourth-order valence-corrected chi connectivity index (χ4v) is 1.39. The van der Waals surface area contributed by atoms with E-state index in [1.165, 1.54) is 19.9 Å². The van der Waals surface area contributed by atoms with Gasteiger partial charge in [-0.3, -0.25) is 9.59 Å². The molecule has 2 nitrogen and oxygen atoms in total. The number of halogens is 3. The van der Waals surface area contributed by atoms with E-state index in [2.05, 4.69) is 0 Å². The third-order valence-corrected chi connectivity index (χ3v) is 2.22. The molecule has 0 heterocycles. The van der Waals surface area contributed by atoms with Crippen LogP contribution in [0.2, 0.25) is 0 Å². The molecule has 0 aromatic heterocycles. The van der Waals surface area contributed by atoms with Crippen LogP contribution in [-0.4, -0.2) is 12.1 Å². The van der Waals surface area contributed by atoms with E-state index in [0.717, 1.165) is 0 Å². The van der Waals surface area contributed by atoms with Crippen molar-refractivity contribution in [2.75, 3.05) is 0 Å². The second-order valence-electron chi connectivity index (χ2n) is 3.43. The average Bonchev–Trinajstić information content (AvgIpc) is 2.14. The highest BCUT2D eigenvalue weighted by Gasteiger charge is 2.34. The van der Waals surface area contributed by atoms with Gasteiger partial charge in [0.25, 0.3) is 0 Å². The van der Waals surface area contributed by atoms with Crippen molar-refractivity contribution in [1.82, 2.24) is 0 Å². The number of benzene rings is 1. The van der Waals surface area contributed by atoms with Gasteiger partial charge in [0.05, 0.1) is 5.56 Å². The van der Waals surface area contributed by atoms with E-state index < -0.39 is 23.1 Å². The Balaban J connectivity index is 3.55. The molecule has 0 N–H and O–H groups in total. The first-order valence-corrected chi connectivity index (χ1v) is 4.45. The highest BCUT2D eigenvalue weighted by atomic mass is 19.4. The largest absolute Gasteiger partial charge is 0.417 e. The van der Waals surface area contributed by atoms with Crippen LogP contribution in [0.4, 0.5) is 13.2 Å². The van der Waals surface area contributed by atoms with Crippen LogP contribution in [0.5, 0.6) is 0 Å². The monoisotopic (exact) mass is 230 g/mol. The summed E-state index contributed by atoms with van der Waals surface area (Å²) in [6, 6.07) is 1.99. The lowest BCUT2D eigenvalue weighted by molar-refractivity contribution is -0.137. The molecule has 0 amide bonds. The van der Waals surface area contributed by atoms with Crippen molar-refractivity contribution < 1.29 is 22.8 Å². The summed E-state index contributed by atoms with van der Waals surface area (Å²) in [4.78, 5) is 21.6. The molecule has 0 atom stereocenters. The lowest BCUT2D eigenvalue weighted by atomic mass is 9.97. The summed E-state index contributed by atoms with van der Waals surface area (Å²) < 4.78 is 37.8. The molecule has 0 aliphatic carbocycles. The van der Waals surface area contributed by atoms with E-state index in [1.54, 1.807) is 0 Å². The summed E-state index contributed by atoms with van der Waals surface area (Å²) in [6.07, 6.45) is -4.48. The number of alkyl halides is 3. The second kappa shape index (κ2) is 4.08. The number of hydrogen-bond donors (Lipinski definition) is 0. The molecule has 0 saturated carbocycles. The van der Waals surface area contributed by atoms with E-state index in [1.807, 2.05) is 0 Å². The Labute approximate surface area is 90.1 Å². The van der Waals surface area contributed by atoms with E-state index in [0.29, 0.717) is 6.07 Å². The van der Waals surface area contributed by atoms with E-state index >= 15 is 0 Å². The third kappa shape index (κ3) is 2.29. The quantitative estimate of drug-likeness (QED) is 0.578. The SMILES string of the molecule is CC(=O)c1cc(C)c(C=O)c(C(F)(F)F)c1. The van der Waals surface area contributed by atoms with Crippen LogP contribution in [0.15, 0.2) is 12.1 Å². The number of hydrogen-bond acceptors (Lipinski definition) is 2. The van der Waals surface area contributed by atoms with Crippen LogP contribution in [0.1, 0.15) is 38.8 Å². The second-order valence-corrected chi connectivity index (χ2v) is 3.43. The number of ketones is 1. The molecule has 0 bridgehead atoms. The summed E-state index contributed by atoms with van der Waals surface area (Å²) in [6.45, 7) is 2.54. The highest BCUT2D eigenvalue weighted by molar-refractivity contribution is 5.95. The Morgan fingerprint density at radius 3 is 2.25 bits per heavy atom. The molecule has 0 radical (unpaired) electrons. The van der Waals surface area contributed by atoms with Gasteiger partial charge >= 0.3 is 6.18 Å². The molecule has 1 rings (SSSR count). The Bertz CT molecular complexity index is 447. The molecule has 0 aliphatic rings. The normalized spacial score (nSPS) is 11.3. The topological polar surface area (TPSA) is 34.1 Å². The smallest absolute Gasteiger partial charge is 0.298 e. The maximum Gasteiger partial charge on any atom is 0.417 e. The third-order valence-electron chi connectivity index (χ3n) is 2.22. The molecule has 5 heteroatoms. The standard InChI is InChI=1S/C11H9F3O2/c1-6-3-8(7(2)16)4-10(9(6)5-15)11(12,13)14/h3-5H,1-2H3. The minimum absolute atomic E-state index is 0.0459. The number of aryl methyl sites for hydroxylation is 1. The fraction of sp³-hybridized carbons (Fsp3) is 0.273. The Hall–Kier alpha value is -1.65. The van der Waals surface area contributed by atoms with Crippen LogP contribution < -0.4 is 0 Å². The van der Waals surface area contributed by atoms with Crippen molar-refractivity contribution in [2.24, 2.45) is 0 Å². The first-order valence-electron chi connectivity index (χ1n) is 4.45. The molecule has 0 unspecified atom stereocenters. The molecule has 0 spiro atoms. The Morgan fingerprint density at radius 2 is 1.88 bits per heavy atom.